The first kappa shape index (κ1) is 10.5. The molecular weight excluding hydrogens is 192 g/mol. The average Bonchev–Trinajstić information content (AvgIpc) is 2.26. The lowest BCUT2D eigenvalue weighted by Gasteiger charge is -2.38. The third kappa shape index (κ3) is 1.98. The van der Waals surface area contributed by atoms with Crippen molar-refractivity contribution in [1.82, 2.24) is 9.80 Å². The van der Waals surface area contributed by atoms with Crippen LogP contribution in [0.15, 0.2) is 0 Å². The summed E-state index contributed by atoms with van der Waals surface area (Å²) in [6.45, 7) is 0.570. The summed E-state index contributed by atoms with van der Waals surface area (Å²) in [6.07, 6.45) is 5.99. The van der Waals surface area contributed by atoms with Crippen molar-refractivity contribution in [2.24, 2.45) is 0 Å². The first-order valence-corrected chi connectivity index (χ1v) is 5.77. The molecule has 15 heavy (non-hydrogen) atoms. The van der Waals surface area contributed by atoms with Crippen molar-refractivity contribution in [2.75, 3.05) is 13.6 Å². The third-order valence-corrected chi connectivity index (χ3v) is 3.40. The maximum atomic E-state index is 11.9. The van der Waals surface area contributed by atoms with E-state index in [0.29, 0.717) is 13.0 Å². The minimum atomic E-state index is -0.0989. The van der Waals surface area contributed by atoms with Gasteiger partial charge in [0.1, 0.15) is 0 Å². The van der Waals surface area contributed by atoms with E-state index in [9.17, 15) is 9.59 Å². The van der Waals surface area contributed by atoms with Gasteiger partial charge in [-0.2, -0.15) is 0 Å². The van der Waals surface area contributed by atoms with Gasteiger partial charge in [-0.1, -0.05) is 19.3 Å². The SMILES string of the molecule is CN1CCC(=O)N(C2CCCCC2)C1=O. The summed E-state index contributed by atoms with van der Waals surface area (Å²) in [5.41, 5.74) is 0. The fourth-order valence-corrected chi connectivity index (χ4v) is 2.47. The van der Waals surface area contributed by atoms with E-state index < -0.39 is 0 Å². The normalized spacial score (nSPS) is 24.9. The standard InChI is InChI=1S/C11H18N2O2/c1-12-8-7-10(14)13(11(12)15)9-5-3-2-4-6-9/h9H,2-8H2,1H3. The molecule has 0 radical (unpaired) electrons. The molecule has 0 N–H and O–H groups in total. The minimum absolute atomic E-state index is 0.0185. The molecule has 0 aromatic rings. The van der Waals surface area contributed by atoms with Crippen LogP contribution in [0.25, 0.3) is 0 Å². The highest BCUT2D eigenvalue weighted by Gasteiger charge is 2.35. The molecule has 0 spiro atoms. The predicted octanol–water partition coefficient (Wildman–Crippen LogP) is 1.60. The number of urea groups is 1. The second-order valence-corrected chi connectivity index (χ2v) is 4.51. The van der Waals surface area contributed by atoms with E-state index in [1.165, 1.54) is 11.3 Å². The van der Waals surface area contributed by atoms with Gasteiger partial charge in [0.2, 0.25) is 5.91 Å². The number of carbonyl (C=O) groups is 2. The van der Waals surface area contributed by atoms with Crippen LogP contribution in [0.5, 0.6) is 0 Å². The van der Waals surface area contributed by atoms with Crippen LogP contribution >= 0.6 is 0 Å². The van der Waals surface area contributed by atoms with E-state index in [-0.39, 0.29) is 18.0 Å². The topological polar surface area (TPSA) is 40.6 Å². The van der Waals surface area contributed by atoms with Gasteiger partial charge < -0.3 is 4.90 Å². The Morgan fingerprint density at radius 1 is 1.13 bits per heavy atom. The molecule has 2 fully saturated rings. The molecule has 1 saturated heterocycles. The summed E-state index contributed by atoms with van der Waals surface area (Å²) in [7, 11) is 1.77. The molecule has 0 bridgehead atoms. The number of hydrogen-bond acceptors (Lipinski definition) is 2. The van der Waals surface area contributed by atoms with Gasteiger partial charge in [-0.3, -0.25) is 9.69 Å². The van der Waals surface area contributed by atoms with Crippen molar-refractivity contribution in [1.29, 1.82) is 0 Å². The number of nitrogens with zero attached hydrogens (tertiary/aromatic N) is 2. The molecule has 1 aliphatic carbocycles. The zero-order valence-electron chi connectivity index (χ0n) is 9.24. The summed E-state index contributed by atoms with van der Waals surface area (Å²) in [5, 5.41) is 0. The van der Waals surface area contributed by atoms with Crippen LogP contribution in [-0.2, 0) is 4.79 Å². The summed E-state index contributed by atoms with van der Waals surface area (Å²) in [4.78, 5) is 26.7. The van der Waals surface area contributed by atoms with Crippen LogP contribution in [0.1, 0.15) is 38.5 Å². The Bertz CT molecular complexity index is 272. The minimum Gasteiger partial charge on any atom is -0.327 e. The van der Waals surface area contributed by atoms with Gasteiger partial charge in [0.05, 0.1) is 0 Å². The van der Waals surface area contributed by atoms with Crippen molar-refractivity contribution in [3.8, 4) is 0 Å². The molecule has 0 unspecified atom stereocenters. The Morgan fingerprint density at radius 2 is 1.80 bits per heavy atom. The van der Waals surface area contributed by atoms with Crippen molar-refractivity contribution in [3.63, 3.8) is 0 Å². The van der Waals surface area contributed by atoms with Crippen LogP contribution in [0.3, 0.4) is 0 Å². The van der Waals surface area contributed by atoms with Crippen molar-refractivity contribution in [2.45, 2.75) is 44.6 Å². The Balaban J connectivity index is 2.09. The van der Waals surface area contributed by atoms with Gasteiger partial charge in [0.25, 0.3) is 0 Å². The lowest BCUT2D eigenvalue weighted by Crippen LogP contribution is -2.55. The molecule has 4 heteroatoms. The smallest absolute Gasteiger partial charge is 0.326 e. The zero-order chi connectivity index (χ0) is 10.8. The zero-order valence-corrected chi connectivity index (χ0v) is 9.24. The molecule has 0 atom stereocenters. The van der Waals surface area contributed by atoms with E-state index in [4.69, 9.17) is 0 Å². The molecule has 2 aliphatic rings. The Morgan fingerprint density at radius 3 is 2.47 bits per heavy atom. The van der Waals surface area contributed by atoms with Crippen LogP contribution in [-0.4, -0.2) is 41.4 Å². The lowest BCUT2D eigenvalue weighted by atomic mass is 9.94. The van der Waals surface area contributed by atoms with Crippen LogP contribution in [0.2, 0.25) is 0 Å². The second kappa shape index (κ2) is 4.21. The van der Waals surface area contributed by atoms with E-state index in [1.807, 2.05) is 0 Å². The predicted molar refractivity (Wildman–Crippen MR) is 56.4 cm³/mol. The first-order chi connectivity index (χ1) is 7.20. The van der Waals surface area contributed by atoms with E-state index >= 15 is 0 Å². The largest absolute Gasteiger partial charge is 0.327 e. The quantitative estimate of drug-likeness (QED) is 0.659. The van der Waals surface area contributed by atoms with Gasteiger partial charge >= 0.3 is 6.03 Å². The summed E-state index contributed by atoms with van der Waals surface area (Å²) in [6, 6.07) is 0.0691. The third-order valence-electron chi connectivity index (χ3n) is 3.40. The van der Waals surface area contributed by atoms with E-state index in [2.05, 4.69) is 0 Å². The number of imide groups is 1. The van der Waals surface area contributed by atoms with Gasteiger partial charge in [0, 0.05) is 26.1 Å². The molecule has 1 aliphatic heterocycles. The number of hydrogen-bond donors (Lipinski definition) is 0. The van der Waals surface area contributed by atoms with E-state index in [0.717, 1.165) is 25.7 Å². The molecule has 0 aromatic heterocycles. The lowest BCUT2D eigenvalue weighted by molar-refractivity contribution is -0.133. The monoisotopic (exact) mass is 210 g/mol. The molecule has 1 saturated carbocycles. The maximum absolute atomic E-state index is 11.9. The number of amides is 3. The van der Waals surface area contributed by atoms with Gasteiger partial charge in [-0.15, -0.1) is 0 Å². The molecule has 0 aromatic carbocycles. The van der Waals surface area contributed by atoms with Crippen LogP contribution < -0.4 is 0 Å². The number of carbonyl (C=O) groups excluding carboxylic acids is 2. The molecule has 2 rings (SSSR count). The average molecular weight is 210 g/mol. The fraction of sp³-hybridized carbons (Fsp3) is 0.818. The van der Waals surface area contributed by atoms with Gasteiger partial charge in [0.15, 0.2) is 0 Å². The number of rotatable bonds is 1. The first-order valence-electron chi connectivity index (χ1n) is 5.77. The summed E-state index contributed by atoms with van der Waals surface area (Å²) in [5.74, 6) is 0.0185. The van der Waals surface area contributed by atoms with Crippen LogP contribution in [0, 0.1) is 0 Å². The van der Waals surface area contributed by atoms with Crippen molar-refractivity contribution >= 4 is 11.9 Å². The highest BCUT2D eigenvalue weighted by molar-refractivity contribution is 5.97. The van der Waals surface area contributed by atoms with Gasteiger partial charge in [-0.05, 0) is 12.8 Å². The van der Waals surface area contributed by atoms with E-state index in [1.54, 1.807) is 11.9 Å². The highest BCUT2D eigenvalue weighted by atomic mass is 16.2. The molecule has 3 amide bonds. The second-order valence-electron chi connectivity index (χ2n) is 4.51. The Hall–Kier alpha value is -1.06. The van der Waals surface area contributed by atoms with Crippen molar-refractivity contribution in [3.05, 3.63) is 0 Å². The highest BCUT2D eigenvalue weighted by Crippen LogP contribution is 2.25. The van der Waals surface area contributed by atoms with Crippen LogP contribution in [0.4, 0.5) is 4.79 Å². The fourth-order valence-electron chi connectivity index (χ4n) is 2.47. The Kier molecular flexibility index (Phi) is 2.93. The maximum Gasteiger partial charge on any atom is 0.326 e. The molecular formula is C11H18N2O2. The molecule has 4 nitrogen and oxygen atoms in total. The summed E-state index contributed by atoms with van der Waals surface area (Å²) < 4.78 is 0. The van der Waals surface area contributed by atoms with Crippen molar-refractivity contribution < 1.29 is 9.59 Å². The van der Waals surface area contributed by atoms with Gasteiger partial charge in [-0.25, -0.2) is 4.79 Å². The Labute approximate surface area is 90.2 Å². The summed E-state index contributed by atoms with van der Waals surface area (Å²) >= 11 is 0. The molecule has 84 valence electrons. The molecule has 1 heterocycles.